The molecule has 0 aliphatic heterocycles. The van der Waals surface area contributed by atoms with Crippen LogP contribution < -0.4 is 5.32 Å². The van der Waals surface area contributed by atoms with Crippen molar-refractivity contribution < 1.29 is 9.32 Å². The molecule has 4 nitrogen and oxygen atoms in total. The van der Waals surface area contributed by atoms with E-state index in [2.05, 4.69) is 16.5 Å². The molecule has 1 heterocycles. The number of hydrogen-bond donors (Lipinski definition) is 1. The van der Waals surface area contributed by atoms with Crippen LogP contribution in [0.25, 0.3) is 22.6 Å². The summed E-state index contributed by atoms with van der Waals surface area (Å²) in [5, 5.41) is 7.72. The molecule has 0 atom stereocenters. The Morgan fingerprint density at radius 2 is 1.93 bits per heavy atom. The predicted molar refractivity (Wildman–Crippen MR) is 113 cm³/mol. The number of nitrogens with one attached hydrogen (secondary N) is 1. The van der Waals surface area contributed by atoms with E-state index < -0.39 is 0 Å². The lowest BCUT2D eigenvalue weighted by Crippen LogP contribution is -2.12. The standard InChI is InChI=1S/C22H20Cl2N2O2/c23-13-21(27)25-16-8-3-7-15(11-16)20-12-19(26-28-20)22-17(9-4-10-18(22)24)14-5-1-2-6-14/h3-4,7-12,14H,1-2,5-6,13H2,(H,25,27). The van der Waals surface area contributed by atoms with Crippen molar-refractivity contribution in [3.63, 3.8) is 0 Å². The number of amides is 1. The van der Waals surface area contributed by atoms with Gasteiger partial charge in [-0.25, -0.2) is 0 Å². The number of hydrogen-bond acceptors (Lipinski definition) is 3. The summed E-state index contributed by atoms with van der Waals surface area (Å²) < 4.78 is 5.62. The van der Waals surface area contributed by atoms with E-state index in [0.717, 1.165) is 16.8 Å². The normalized spacial score (nSPS) is 14.4. The number of anilines is 1. The van der Waals surface area contributed by atoms with E-state index in [4.69, 9.17) is 27.7 Å². The summed E-state index contributed by atoms with van der Waals surface area (Å²) in [5.41, 5.74) is 4.41. The van der Waals surface area contributed by atoms with E-state index in [-0.39, 0.29) is 11.8 Å². The van der Waals surface area contributed by atoms with Gasteiger partial charge in [-0.1, -0.05) is 53.9 Å². The maximum atomic E-state index is 11.5. The molecule has 0 unspecified atom stereocenters. The average molecular weight is 415 g/mol. The highest BCUT2D eigenvalue weighted by molar-refractivity contribution is 6.33. The molecule has 1 aliphatic rings. The molecule has 0 saturated heterocycles. The molecule has 0 bridgehead atoms. The minimum Gasteiger partial charge on any atom is -0.356 e. The number of carbonyl (C=O) groups is 1. The minimum absolute atomic E-state index is 0.0901. The summed E-state index contributed by atoms with van der Waals surface area (Å²) >= 11 is 12.1. The first kappa shape index (κ1) is 19.0. The van der Waals surface area contributed by atoms with E-state index in [1.165, 1.54) is 31.2 Å². The topological polar surface area (TPSA) is 55.1 Å². The van der Waals surface area contributed by atoms with Crippen LogP contribution in [0.15, 0.2) is 53.1 Å². The second-order valence-electron chi connectivity index (χ2n) is 7.02. The van der Waals surface area contributed by atoms with E-state index in [1.807, 2.05) is 36.4 Å². The third-order valence-electron chi connectivity index (χ3n) is 5.16. The van der Waals surface area contributed by atoms with Gasteiger partial charge >= 0.3 is 0 Å². The molecule has 1 N–H and O–H groups in total. The molecule has 2 aromatic carbocycles. The van der Waals surface area contributed by atoms with Crippen LogP contribution in [0, 0.1) is 0 Å². The number of carbonyl (C=O) groups excluding carboxylic acids is 1. The maximum absolute atomic E-state index is 11.5. The number of rotatable bonds is 5. The van der Waals surface area contributed by atoms with Crippen LogP contribution in [0.2, 0.25) is 5.02 Å². The molecule has 1 amide bonds. The Morgan fingerprint density at radius 1 is 1.14 bits per heavy atom. The number of nitrogens with zero attached hydrogens (tertiary/aromatic N) is 1. The fourth-order valence-corrected chi connectivity index (χ4v) is 4.21. The van der Waals surface area contributed by atoms with Crippen LogP contribution >= 0.6 is 23.2 Å². The van der Waals surface area contributed by atoms with E-state index in [0.29, 0.717) is 22.4 Å². The zero-order valence-electron chi connectivity index (χ0n) is 15.3. The van der Waals surface area contributed by atoms with Gasteiger partial charge in [0.15, 0.2) is 5.76 Å². The van der Waals surface area contributed by atoms with E-state index in [9.17, 15) is 4.79 Å². The first-order valence-corrected chi connectivity index (χ1v) is 10.3. The first-order valence-electron chi connectivity index (χ1n) is 9.37. The predicted octanol–water partition coefficient (Wildman–Crippen LogP) is 6.50. The van der Waals surface area contributed by atoms with Crippen LogP contribution in [-0.2, 0) is 4.79 Å². The van der Waals surface area contributed by atoms with Crippen LogP contribution in [0.4, 0.5) is 5.69 Å². The van der Waals surface area contributed by atoms with Crippen molar-refractivity contribution in [2.45, 2.75) is 31.6 Å². The Morgan fingerprint density at radius 3 is 2.71 bits per heavy atom. The minimum atomic E-state index is -0.255. The maximum Gasteiger partial charge on any atom is 0.239 e. The van der Waals surface area contributed by atoms with Crippen molar-refractivity contribution in [2.24, 2.45) is 0 Å². The summed E-state index contributed by atoms with van der Waals surface area (Å²) in [5.74, 6) is 0.791. The summed E-state index contributed by atoms with van der Waals surface area (Å²) in [6, 6.07) is 15.3. The Labute approximate surface area is 173 Å². The van der Waals surface area contributed by atoms with Gasteiger partial charge in [0.2, 0.25) is 5.91 Å². The number of benzene rings is 2. The van der Waals surface area contributed by atoms with Gasteiger partial charge in [-0.15, -0.1) is 11.6 Å². The summed E-state index contributed by atoms with van der Waals surface area (Å²) in [6.07, 6.45) is 4.86. The second kappa shape index (κ2) is 8.38. The monoisotopic (exact) mass is 414 g/mol. The molecule has 4 rings (SSSR count). The Balaban J connectivity index is 1.68. The van der Waals surface area contributed by atoms with Crippen molar-refractivity contribution in [2.75, 3.05) is 11.2 Å². The molecular weight excluding hydrogens is 395 g/mol. The molecule has 1 aliphatic carbocycles. The summed E-state index contributed by atoms with van der Waals surface area (Å²) in [6.45, 7) is 0. The van der Waals surface area contributed by atoms with Gasteiger partial charge < -0.3 is 9.84 Å². The Bertz CT molecular complexity index is 994. The zero-order chi connectivity index (χ0) is 19.5. The fraction of sp³-hybridized carbons (Fsp3) is 0.273. The Hall–Kier alpha value is -2.30. The fourth-order valence-electron chi connectivity index (χ4n) is 3.86. The highest BCUT2D eigenvalue weighted by Gasteiger charge is 2.23. The lowest BCUT2D eigenvalue weighted by Gasteiger charge is -2.15. The van der Waals surface area contributed by atoms with Crippen molar-refractivity contribution in [1.29, 1.82) is 0 Å². The smallest absolute Gasteiger partial charge is 0.239 e. The number of aromatic nitrogens is 1. The molecule has 3 aromatic rings. The van der Waals surface area contributed by atoms with Crippen LogP contribution in [0.5, 0.6) is 0 Å². The third-order valence-corrected chi connectivity index (χ3v) is 5.72. The average Bonchev–Trinajstić information content (AvgIpc) is 3.40. The molecule has 1 aromatic heterocycles. The van der Waals surface area contributed by atoms with E-state index in [1.54, 1.807) is 6.07 Å². The number of halogens is 2. The van der Waals surface area contributed by atoms with Crippen molar-refractivity contribution in [3.8, 4) is 22.6 Å². The Kier molecular flexibility index (Phi) is 5.69. The SMILES string of the molecule is O=C(CCl)Nc1cccc(-c2cc(-c3c(Cl)cccc3C3CCCC3)no2)c1. The molecule has 1 saturated carbocycles. The van der Waals surface area contributed by atoms with Crippen LogP contribution in [-0.4, -0.2) is 16.9 Å². The molecule has 0 radical (unpaired) electrons. The summed E-state index contributed by atoms with van der Waals surface area (Å²) in [4.78, 5) is 11.5. The molecule has 144 valence electrons. The lowest BCUT2D eigenvalue weighted by atomic mass is 9.91. The van der Waals surface area contributed by atoms with Crippen molar-refractivity contribution in [1.82, 2.24) is 5.16 Å². The molecule has 1 fully saturated rings. The lowest BCUT2D eigenvalue weighted by molar-refractivity contribution is -0.113. The molecular formula is C22H20Cl2N2O2. The van der Waals surface area contributed by atoms with Gasteiger partial charge in [0.05, 0.1) is 5.02 Å². The van der Waals surface area contributed by atoms with Gasteiger partial charge in [0, 0.05) is 22.9 Å². The van der Waals surface area contributed by atoms with Gasteiger partial charge in [0.25, 0.3) is 0 Å². The largest absolute Gasteiger partial charge is 0.356 e. The van der Waals surface area contributed by atoms with Crippen molar-refractivity contribution in [3.05, 3.63) is 59.1 Å². The third kappa shape index (κ3) is 3.94. The second-order valence-corrected chi connectivity index (χ2v) is 7.70. The highest BCUT2D eigenvalue weighted by Crippen LogP contribution is 2.42. The number of alkyl halides is 1. The van der Waals surface area contributed by atoms with Gasteiger partial charge in [-0.3, -0.25) is 4.79 Å². The van der Waals surface area contributed by atoms with Crippen LogP contribution in [0.1, 0.15) is 37.2 Å². The zero-order valence-corrected chi connectivity index (χ0v) is 16.8. The quantitative estimate of drug-likeness (QED) is 0.484. The van der Waals surface area contributed by atoms with E-state index >= 15 is 0 Å². The molecule has 28 heavy (non-hydrogen) atoms. The van der Waals surface area contributed by atoms with Gasteiger partial charge in [0.1, 0.15) is 11.6 Å². The van der Waals surface area contributed by atoms with Gasteiger partial charge in [-0.05, 0) is 42.5 Å². The van der Waals surface area contributed by atoms with Crippen molar-refractivity contribution >= 4 is 34.8 Å². The summed E-state index contributed by atoms with van der Waals surface area (Å²) in [7, 11) is 0. The molecule has 0 spiro atoms. The first-order chi connectivity index (χ1) is 13.7. The highest BCUT2D eigenvalue weighted by atomic mass is 35.5. The molecule has 6 heteroatoms. The van der Waals surface area contributed by atoms with Gasteiger partial charge in [-0.2, -0.15) is 0 Å². The van der Waals surface area contributed by atoms with Crippen LogP contribution in [0.3, 0.4) is 0 Å².